The molecule has 0 aliphatic rings. The van der Waals surface area contributed by atoms with Crippen LogP contribution in [0, 0.1) is 0 Å². The molecule has 0 aliphatic carbocycles. The van der Waals surface area contributed by atoms with Crippen molar-refractivity contribution in [2.24, 2.45) is 5.73 Å². The first kappa shape index (κ1) is 11.5. The van der Waals surface area contributed by atoms with Gasteiger partial charge in [0.1, 0.15) is 0 Å². The maximum absolute atomic E-state index is 5.90. The van der Waals surface area contributed by atoms with E-state index in [-0.39, 0.29) is 12.1 Å². The zero-order chi connectivity index (χ0) is 10.6. The zero-order valence-electron chi connectivity index (χ0n) is 8.53. The Balaban J connectivity index is 2.87. The Labute approximate surface area is 90.0 Å². The van der Waals surface area contributed by atoms with Crippen LogP contribution in [0.2, 0.25) is 5.02 Å². The molecule has 2 atom stereocenters. The Morgan fingerprint density at radius 3 is 2.71 bits per heavy atom. The van der Waals surface area contributed by atoms with Crippen molar-refractivity contribution >= 4 is 11.6 Å². The van der Waals surface area contributed by atoms with Gasteiger partial charge >= 0.3 is 0 Å². The minimum atomic E-state index is -0.0706. The Hall–Kier alpha value is -0.570. The van der Waals surface area contributed by atoms with E-state index in [2.05, 4.69) is 0 Å². The summed E-state index contributed by atoms with van der Waals surface area (Å²) in [5.74, 6) is 0. The van der Waals surface area contributed by atoms with Gasteiger partial charge in [0.05, 0.1) is 6.10 Å². The highest BCUT2D eigenvalue weighted by Crippen LogP contribution is 2.22. The summed E-state index contributed by atoms with van der Waals surface area (Å²) in [6.07, 6.45) is -0.0706. The molecule has 2 N–H and O–H groups in total. The van der Waals surface area contributed by atoms with Crippen molar-refractivity contribution in [1.29, 1.82) is 0 Å². The predicted octanol–water partition coefficient (Wildman–Crippen LogP) is 2.76. The minimum absolute atomic E-state index is 0.0339. The number of nitrogens with two attached hydrogens (primary N) is 1. The number of rotatable bonds is 4. The van der Waals surface area contributed by atoms with E-state index in [0.717, 1.165) is 5.56 Å². The molecular weight excluding hydrogens is 198 g/mol. The number of ether oxygens (including phenoxy) is 1. The summed E-state index contributed by atoms with van der Waals surface area (Å²) in [4.78, 5) is 0. The zero-order valence-corrected chi connectivity index (χ0v) is 9.29. The number of halogens is 1. The second-order valence-corrected chi connectivity index (χ2v) is 3.73. The normalized spacial score (nSPS) is 15.1. The molecule has 3 heteroatoms. The van der Waals surface area contributed by atoms with Gasteiger partial charge in [0.25, 0.3) is 0 Å². The monoisotopic (exact) mass is 213 g/mol. The van der Waals surface area contributed by atoms with Gasteiger partial charge in [-0.15, -0.1) is 0 Å². The van der Waals surface area contributed by atoms with E-state index >= 15 is 0 Å². The van der Waals surface area contributed by atoms with Crippen LogP contribution in [0.15, 0.2) is 24.3 Å². The molecule has 0 saturated heterocycles. The van der Waals surface area contributed by atoms with Crippen LogP contribution in [0.1, 0.15) is 25.5 Å². The first-order chi connectivity index (χ1) is 6.65. The molecule has 0 saturated carbocycles. The van der Waals surface area contributed by atoms with E-state index in [4.69, 9.17) is 22.1 Å². The fraction of sp³-hybridized carbons (Fsp3) is 0.455. The Bertz CT molecular complexity index is 288. The van der Waals surface area contributed by atoms with Crippen molar-refractivity contribution < 1.29 is 4.74 Å². The molecule has 0 spiro atoms. The molecule has 0 aliphatic heterocycles. The topological polar surface area (TPSA) is 35.2 Å². The van der Waals surface area contributed by atoms with Crippen LogP contribution in [-0.2, 0) is 4.74 Å². The van der Waals surface area contributed by atoms with Crippen molar-refractivity contribution in [3.05, 3.63) is 34.9 Å². The molecule has 0 amide bonds. The Morgan fingerprint density at radius 2 is 2.21 bits per heavy atom. The van der Waals surface area contributed by atoms with Crippen molar-refractivity contribution in [1.82, 2.24) is 0 Å². The summed E-state index contributed by atoms with van der Waals surface area (Å²) in [7, 11) is 0. The van der Waals surface area contributed by atoms with Gasteiger partial charge in [0.2, 0.25) is 0 Å². The third kappa shape index (κ3) is 2.98. The average Bonchev–Trinajstić information content (AvgIpc) is 2.13. The lowest BCUT2D eigenvalue weighted by molar-refractivity contribution is 0.0475. The molecule has 14 heavy (non-hydrogen) atoms. The second kappa shape index (κ2) is 5.35. The summed E-state index contributed by atoms with van der Waals surface area (Å²) < 4.78 is 5.56. The fourth-order valence-corrected chi connectivity index (χ4v) is 1.61. The number of hydrogen-bond acceptors (Lipinski definition) is 2. The van der Waals surface area contributed by atoms with Crippen molar-refractivity contribution in [3.63, 3.8) is 0 Å². The molecule has 0 bridgehead atoms. The quantitative estimate of drug-likeness (QED) is 0.835. The van der Waals surface area contributed by atoms with E-state index in [0.29, 0.717) is 11.6 Å². The molecule has 0 heterocycles. The van der Waals surface area contributed by atoms with Crippen LogP contribution in [0.25, 0.3) is 0 Å². The molecule has 1 aromatic rings. The highest BCUT2D eigenvalue weighted by Gasteiger charge is 2.15. The molecule has 78 valence electrons. The van der Waals surface area contributed by atoms with Crippen molar-refractivity contribution in [2.75, 3.05) is 6.61 Å². The van der Waals surface area contributed by atoms with Crippen LogP contribution in [0.3, 0.4) is 0 Å². The summed E-state index contributed by atoms with van der Waals surface area (Å²) >= 11 is 5.90. The Morgan fingerprint density at radius 1 is 1.50 bits per heavy atom. The molecule has 1 rings (SSSR count). The molecule has 2 nitrogen and oxygen atoms in total. The summed E-state index contributed by atoms with van der Waals surface area (Å²) in [5.41, 5.74) is 6.87. The first-order valence-corrected chi connectivity index (χ1v) is 5.15. The molecule has 0 radical (unpaired) electrons. The highest BCUT2D eigenvalue weighted by molar-refractivity contribution is 6.30. The molecule has 0 aromatic heterocycles. The first-order valence-electron chi connectivity index (χ1n) is 4.77. The van der Waals surface area contributed by atoms with E-state index in [1.54, 1.807) is 0 Å². The van der Waals surface area contributed by atoms with E-state index < -0.39 is 0 Å². The van der Waals surface area contributed by atoms with Gasteiger partial charge in [-0.1, -0.05) is 23.7 Å². The van der Waals surface area contributed by atoms with E-state index in [1.807, 2.05) is 38.1 Å². The lowest BCUT2D eigenvalue weighted by Gasteiger charge is -2.21. The van der Waals surface area contributed by atoms with Gasteiger partial charge in [-0.05, 0) is 31.5 Å². The van der Waals surface area contributed by atoms with Gasteiger partial charge in [0.15, 0.2) is 0 Å². The Kier molecular flexibility index (Phi) is 4.39. The summed E-state index contributed by atoms with van der Waals surface area (Å²) in [6, 6.07) is 7.59. The summed E-state index contributed by atoms with van der Waals surface area (Å²) in [5, 5.41) is 0.716. The van der Waals surface area contributed by atoms with Gasteiger partial charge in [-0.3, -0.25) is 0 Å². The van der Waals surface area contributed by atoms with E-state index in [9.17, 15) is 0 Å². The number of hydrogen-bond donors (Lipinski definition) is 1. The third-order valence-corrected chi connectivity index (χ3v) is 2.24. The lowest BCUT2D eigenvalue weighted by atomic mass is 10.0. The second-order valence-electron chi connectivity index (χ2n) is 3.29. The third-order valence-electron chi connectivity index (χ3n) is 2.00. The maximum Gasteiger partial charge on any atom is 0.0973 e. The SMILES string of the molecule is CCOC(c1cccc(Cl)c1)C(C)N. The maximum atomic E-state index is 5.90. The predicted molar refractivity (Wildman–Crippen MR) is 59.5 cm³/mol. The minimum Gasteiger partial charge on any atom is -0.372 e. The van der Waals surface area contributed by atoms with Gasteiger partial charge in [0, 0.05) is 17.7 Å². The average molecular weight is 214 g/mol. The molecule has 2 unspecified atom stereocenters. The van der Waals surface area contributed by atoms with Gasteiger partial charge in [-0.2, -0.15) is 0 Å². The van der Waals surface area contributed by atoms with Crippen molar-refractivity contribution in [3.8, 4) is 0 Å². The largest absolute Gasteiger partial charge is 0.372 e. The highest BCUT2D eigenvalue weighted by atomic mass is 35.5. The smallest absolute Gasteiger partial charge is 0.0973 e. The van der Waals surface area contributed by atoms with Gasteiger partial charge < -0.3 is 10.5 Å². The van der Waals surface area contributed by atoms with Crippen LogP contribution >= 0.6 is 11.6 Å². The molecule has 1 aromatic carbocycles. The standard InChI is InChI=1S/C11H16ClNO/c1-3-14-11(8(2)13)9-5-4-6-10(12)7-9/h4-8,11H,3,13H2,1-2H3. The van der Waals surface area contributed by atoms with Crippen molar-refractivity contribution in [2.45, 2.75) is 26.0 Å². The van der Waals surface area contributed by atoms with Crippen LogP contribution in [-0.4, -0.2) is 12.6 Å². The lowest BCUT2D eigenvalue weighted by Crippen LogP contribution is -2.26. The summed E-state index contributed by atoms with van der Waals surface area (Å²) in [6.45, 7) is 4.54. The molecular formula is C11H16ClNO. The molecule has 0 fully saturated rings. The number of benzene rings is 1. The van der Waals surface area contributed by atoms with E-state index in [1.165, 1.54) is 0 Å². The van der Waals surface area contributed by atoms with Gasteiger partial charge in [-0.25, -0.2) is 0 Å². The van der Waals surface area contributed by atoms with Crippen LogP contribution in [0.5, 0.6) is 0 Å². The van der Waals surface area contributed by atoms with Crippen LogP contribution in [0.4, 0.5) is 0 Å². The fourth-order valence-electron chi connectivity index (χ4n) is 1.41. The van der Waals surface area contributed by atoms with Crippen LogP contribution < -0.4 is 5.73 Å².